The summed E-state index contributed by atoms with van der Waals surface area (Å²) in [6, 6.07) is 12.4. The SMILES string of the molecule is CCOc1ccc(/C=C2/SC(=NC(C)C)N(C(C)C)C2=O)c2ccccc12. The lowest BCUT2D eigenvalue weighted by atomic mass is 10.0. The molecule has 0 bridgehead atoms. The Kier molecular flexibility index (Phi) is 5.90. The predicted octanol–water partition coefficient (Wildman–Crippen LogP) is 5.33. The first-order valence-corrected chi connectivity index (χ1v) is 10.2. The Labute approximate surface area is 165 Å². The van der Waals surface area contributed by atoms with Crippen LogP contribution in [-0.4, -0.2) is 34.7 Å². The molecule has 5 heteroatoms. The molecule has 1 aliphatic heterocycles. The summed E-state index contributed by atoms with van der Waals surface area (Å²) in [4.78, 5) is 20.1. The minimum absolute atomic E-state index is 0.0207. The molecule has 0 aromatic heterocycles. The van der Waals surface area contributed by atoms with Crippen molar-refractivity contribution in [2.24, 2.45) is 4.99 Å². The van der Waals surface area contributed by atoms with Gasteiger partial charge in [0.05, 0.1) is 11.5 Å². The first-order chi connectivity index (χ1) is 12.9. The first-order valence-electron chi connectivity index (χ1n) is 9.37. The third-order valence-corrected chi connectivity index (χ3v) is 5.22. The molecule has 0 atom stereocenters. The van der Waals surface area contributed by atoms with Crippen molar-refractivity contribution >= 4 is 39.7 Å². The summed E-state index contributed by atoms with van der Waals surface area (Å²) >= 11 is 1.46. The maximum atomic E-state index is 13.0. The number of amides is 1. The van der Waals surface area contributed by atoms with Gasteiger partial charge in [-0.1, -0.05) is 30.3 Å². The van der Waals surface area contributed by atoms with Crippen molar-refractivity contribution in [3.8, 4) is 5.75 Å². The molecular weight excluding hydrogens is 356 g/mol. The maximum absolute atomic E-state index is 13.0. The van der Waals surface area contributed by atoms with E-state index in [1.807, 2.05) is 65.0 Å². The second-order valence-corrected chi connectivity index (χ2v) is 8.03. The van der Waals surface area contributed by atoms with Gasteiger partial charge in [-0.05, 0) is 69.5 Å². The van der Waals surface area contributed by atoms with Crippen LogP contribution in [0.2, 0.25) is 0 Å². The number of carbonyl (C=O) groups excluding carboxylic acids is 1. The van der Waals surface area contributed by atoms with Crippen LogP contribution in [0.1, 0.15) is 40.2 Å². The third kappa shape index (κ3) is 4.03. The van der Waals surface area contributed by atoms with Crippen LogP contribution in [-0.2, 0) is 4.79 Å². The quantitative estimate of drug-likeness (QED) is 0.657. The zero-order chi connectivity index (χ0) is 19.6. The second kappa shape index (κ2) is 8.17. The van der Waals surface area contributed by atoms with E-state index in [1.165, 1.54) is 11.8 Å². The number of benzene rings is 2. The minimum Gasteiger partial charge on any atom is -0.493 e. The molecule has 1 aliphatic rings. The lowest BCUT2D eigenvalue weighted by Gasteiger charge is -2.20. The number of nitrogens with zero attached hydrogens (tertiary/aromatic N) is 2. The molecule has 2 aromatic rings. The largest absolute Gasteiger partial charge is 0.493 e. The standard InChI is InChI=1S/C22H26N2O2S/c1-6-26-19-12-11-16(17-9-7-8-10-18(17)19)13-20-21(25)24(15(4)5)22(27-20)23-14(2)3/h7-15H,6H2,1-5H3/b20-13+,23-22?. The van der Waals surface area contributed by atoms with Crippen molar-refractivity contribution in [3.05, 3.63) is 46.9 Å². The molecule has 142 valence electrons. The van der Waals surface area contributed by atoms with Crippen molar-refractivity contribution in [1.82, 2.24) is 4.90 Å². The van der Waals surface area contributed by atoms with E-state index in [0.717, 1.165) is 27.3 Å². The van der Waals surface area contributed by atoms with Gasteiger partial charge in [-0.25, -0.2) is 0 Å². The Bertz CT molecular complexity index is 916. The van der Waals surface area contributed by atoms with E-state index in [2.05, 4.69) is 17.1 Å². The molecule has 0 radical (unpaired) electrons. The summed E-state index contributed by atoms with van der Waals surface area (Å²) in [7, 11) is 0. The van der Waals surface area contributed by atoms with Gasteiger partial charge in [0.25, 0.3) is 5.91 Å². The number of amidine groups is 1. The number of aliphatic imine (C=N–C) groups is 1. The Morgan fingerprint density at radius 2 is 1.81 bits per heavy atom. The highest BCUT2D eigenvalue weighted by Crippen LogP contribution is 2.36. The normalized spacial score (nSPS) is 17.9. The number of fused-ring (bicyclic) bond motifs is 1. The molecule has 1 saturated heterocycles. The van der Waals surface area contributed by atoms with Crippen molar-refractivity contribution in [3.63, 3.8) is 0 Å². The molecule has 1 fully saturated rings. The van der Waals surface area contributed by atoms with E-state index >= 15 is 0 Å². The van der Waals surface area contributed by atoms with Crippen LogP contribution in [0, 0.1) is 0 Å². The van der Waals surface area contributed by atoms with Gasteiger partial charge in [0.15, 0.2) is 5.17 Å². The molecule has 0 spiro atoms. The van der Waals surface area contributed by atoms with Crippen LogP contribution in [0.3, 0.4) is 0 Å². The maximum Gasteiger partial charge on any atom is 0.266 e. The highest BCUT2D eigenvalue weighted by atomic mass is 32.2. The van der Waals surface area contributed by atoms with Crippen LogP contribution in [0.5, 0.6) is 5.75 Å². The molecule has 0 saturated carbocycles. The number of rotatable bonds is 5. The van der Waals surface area contributed by atoms with Crippen LogP contribution < -0.4 is 4.74 Å². The molecule has 2 aromatic carbocycles. The smallest absolute Gasteiger partial charge is 0.266 e. The summed E-state index contributed by atoms with van der Waals surface area (Å²) in [6.45, 7) is 10.7. The Hall–Kier alpha value is -2.27. The van der Waals surface area contributed by atoms with Crippen LogP contribution in [0.4, 0.5) is 0 Å². The van der Waals surface area contributed by atoms with Gasteiger partial charge < -0.3 is 4.74 Å². The molecule has 4 nitrogen and oxygen atoms in total. The fraction of sp³-hybridized carbons (Fsp3) is 0.364. The summed E-state index contributed by atoms with van der Waals surface area (Å²) in [5.41, 5.74) is 1.01. The van der Waals surface area contributed by atoms with E-state index < -0.39 is 0 Å². The molecule has 1 heterocycles. The van der Waals surface area contributed by atoms with Crippen molar-refractivity contribution < 1.29 is 9.53 Å². The van der Waals surface area contributed by atoms with Gasteiger partial charge >= 0.3 is 0 Å². The van der Waals surface area contributed by atoms with E-state index in [-0.39, 0.29) is 18.0 Å². The molecule has 0 N–H and O–H groups in total. The fourth-order valence-electron chi connectivity index (χ4n) is 3.10. The predicted molar refractivity (Wildman–Crippen MR) is 115 cm³/mol. The van der Waals surface area contributed by atoms with Gasteiger partial charge in [0, 0.05) is 17.5 Å². The lowest BCUT2D eigenvalue weighted by Crippen LogP contribution is -2.35. The minimum atomic E-state index is 0.0207. The summed E-state index contributed by atoms with van der Waals surface area (Å²) in [5, 5.41) is 2.92. The first kappa shape index (κ1) is 19.5. The highest BCUT2D eigenvalue weighted by molar-refractivity contribution is 8.18. The molecule has 0 unspecified atom stereocenters. The summed E-state index contributed by atoms with van der Waals surface area (Å²) in [5.74, 6) is 0.888. The molecule has 0 aliphatic carbocycles. The number of ether oxygens (including phenoxy) is 1. The van der Waals surface area contributed by atoms with Gasteiger partial charge in [-0.3, -0.25) is 14.7 Å². The number of thioether (sulfide) groups is 1. The molecule has 3 rings (SSSR count). The number of hydrogen-bond donors (Lipinski definition) is 0. The van der Waals surface area contributed by atoms with Crippen LogP contribution in [0.15, 0.2) is 46.3 Å². The molecular formula is C22H26N2O2S. The van der Waals surface area contributed by atoms with Crippen molar-refractivity contribution in [2.75, 3.05) is 6.61 Å². The van der Waals surface area contributed by atoms with Gasteiger partial charge in [0.2, 0.25) is 0 Å². The topological polar surface area (TPSA) is 41.9 Å². The zero-order valence-electron chi connectivity index (χ0n) is 16.5. The van der Waals surface area contributed by atoms with E-state index in [0.29, 0.717) is 11.5 Å². The average molecular weight is 383 g/mol. The van der Waals surface area contributed by atoms with Crippen molar-refractivity contribution in [1.29, 1.82) is 0 Å². The van der Waals surface area contributed by atoms with Gasteiger partial charge in [0.1, 0.15) is 5.75 Å². The van der Waals surface area contributed by atoms with E-state index in [9.17, 15) is 4.79 Å². The van der Waals surface area contributed by atoms with Crippen LogP contribution in [0.25, 0.3) is 16.8 Å². The molecule has 1 amide bonds. The lowest BCUT2D eigenvalue weighted by molar-refractivity contribution is -0.123. The van der Waals surface area contributed by atoms with Gasteiger partial charge in [-0.15, -0.1) is 0 Å². The van der Waals surface area contributed by atoms with E-state index in [1.54, 1.807) is 4.90 Å². The Morgan fingerprint density at radius 1 is 1.11 bits per heavy atom. The fourth-order valence-corrected chi connectivity index (χ4v) is 4.32. The monoisotopic (exact) mass is 382 g/mol. The highest BCUT2D eigenvalue weighted by Gasteiger charge is 2.35. The average Bonchev–Trinajstić information content (AvgIpc) is 2.91. The number of carbonyl (C=O) groups is 1. The Balaban J connectivity index is 2.07. The third-order valence-electron chi connectivity index (χ3n) is 4.23. The van der Waals surface area contributed by atoms with Crippen molar-refractivity contribution in [2.45, 2.75) is 46.7 Å². The number of hydrogen-bond acceptors (Lipinski definition) is 4. The van der Waals surface area contributed by atoms with Gasteiger partial charge in [-0.2, -0.15) is 0 Å². The zero-order valence-corrected chi connectivity index (χ0v) is 17.3. The Morgan fingerprint density at radius 3 is 2.44 bits per heavy atom. The van der Waals surface area contributed by atoms with E-state index in [4.69, 9.17) is 4.74 Å². The summed E-state index contributed by atoms with van der Waals surface area (Å²) in [6.07, 6.45) is 1.98. The second-order valence-electron chi connectivity index (χ2n) is 7.02. The van der Waals surface area contributed by atoms with Crippen LogP contribution >= 0.6 is 11.8 Å². The summed E-state index contributed by atoms with van der Waals surface area (Å²) < 4.78 is 5.75. The molecule has 27 heavy (non-hydrogen) atoms.